The Kier molecular flexibility index (Phi) is 5.01. The van der Waals surface area contributed by atoms with Crippen LogP contribution in [0.1, 0.15) is 23.1 Å². The van der Waals surface area contributed by atoms with Crippen LogP contribution in [-0.4, -0.2) is 68.4 Å². The van der Waals surface area contributed by atoms with Gasteiger partial charge in [-0.2, -0.15) is 0 Å². The normalized spacial score (nSPS) is 19.4. The molecule has 0 spiro atoms. The van der Waals surface area contributed by atoms with E-state index in [4.69, 9.17) is 4.99 Å². The average Bonchev–Trinajstić information content (AvgIpc) is 3.28. The molecule has 5 rings (SSSR count). The predicted molar refractivity (Wildman–Crippen MR) is 129 cm³/mol. The van der Waals surface area contributed by atoms with E-state index in [1.54, 1.807) is 0 Å². The van der Waals surface area contributed by atoms with Crippen LogP contribution in [0.15, 0.2) is 70.9 Å². The molecule has 2 aromatic rings. The number of hydrogen-bond acceptors (Lipinski definition) is 4. The highest BCUT2D eigenvalue weighted by Gasteiger charge is 2.43. The van der Waals surface area contributed by atoms with Crippen molar-refractivity contribution < 1.29 is 4.79 Å². The highest BCUT2D eigenvalue weighted by molar-refractivity contribution is 6.39. The van der Waals surface area contributed by atoms with Gasteiger partial charge in [0.15, 0.2) is 0 Å². The van der Waals surface area contributed by atoms with Gasteiger partial charge in [0.05, 0.1) is 18.7 Å². The summed E-state index contributed by atoms with van der Waals surface area (Å²) in [5.74, 6) is 0.950. The Morgan fingerprint density at radius 3 is 2.55 bits per heavy atom. The fraction of sp³-hybridized carbons (Fsp3) is 0.333. The summed E-state index contributed by atoms with van der Waals surface area (Å²) in [6.45, 7) is 5.91. The summed E-state index contributed by atoms with van der Waals surface area (Å²) in [6.07, 6.45) is 0.883. The number of rotatable bonds is 4. The van der Waals surface area contributed by atoms with Gasteiger partial charge < -0.3 is 9.80 Å². The third-order valence-corrected chi connectivity index (χ3v) is 7.07. The van der Waals surface area contributed by atoms with Crippen molar-refractivity contribution in [1.82, 2.24) is 14.7 Å². The Morgan fingerprint density at radius 2 is 1.77 bits per heavy atom. The monoisotopic (exact) mass is 410 g/mol. The van der Waals surface area contributed by atoms with Crippen LogP contribution < -0.4 is 0 Å². The first-order valence-electron chi connectivity index (χ1n) is 11.2. The maximum Gasteiger partial charge on any atom is 0.259 e. The lowest BCUT2D eigenvalue weighted by atomic mass is 9.56. The Bertz CT molecular complexity index is 1080. The van der Waals surface area contributed by atoms with Crippen molar-refractivity contribution >= 4 is 27.6 Å². The minimum absolute atomic E-state index is 0.115. The van der Waals surface area contributed by atoms with E-state index in [2.05, 4.69) is 74.9 Å². The molecule has 3 aliphatic rings. The van der Waals surface area contributed by atoms with Gasteiger partial charge in [-0.3, -0.25) is 14.7 Å². The average molecular weight is 410 g/mol. The quantitative estimate of drug-likeness (QED) is 0.708. The third-order valence-electron chi connectivity index (χ3n) is 7.07. The first-order chi connectivity index (χ1) is 15.0. The zero-order valence-electron chi connectivity index (χ0n) is 18.6. The molecule has 0 saturated carbocycles. The van der Waals surface area contributed by atoms with E-state index in [0.717, 1.165) is 37.6 Å². The maximum absolute atomic E-state index is 13.8. The molecule has 1 amide bonds. The second kappa shape index (κ2) is 7.72. The number of amides is 1. The fourth-order valence-corrected chi connectivity index (χ4v) is 5.02. The van der Waals surface area contributed by atoms with Crippen molar-refractivity contribution in [3.05, 3.63) is 82.6 Å². The number of fused-ring (bicyclic) bond motifs is 2. The molecule has 156 valence electrons. The predicted octanol–water partition coefficient (Wildman–Crippen LogP) is 1.05. The molecular weight excluding hydrogens is 382 g/mol. The van der Waals surface area contributed by atoms with Gasteiger partial charge in [-0.1, -0.05) is 54.6 Å². The number of aryl methyl sites for hydroxylation is 1. The molecule has 3 aliphatic heterocycles. The molecule has 0 fully saturated rings. The fourth-order valence-electron chi connectivity index (χ4n) is 5.02. The van der Waals surface area contributed by atoms with E-state index in [1.807, 2.05) is 17.0 Å². The van der Waals surface area contributed by atoms with Crippen molar-refractivity contribution in [2.75, 3.05) is 26.2 Å². The van der Waals surface area contributed by atoms with E-state index in [-0.39, 0.29) is 11.2 Å². The maximum atomic E-state index is 13.8. The summed E-state index contributed by atoms with van der Waals surface area (Å²) in [5, 5.41) is -0.139. The second-order valence-electron chi connectivity index (χ2n) is 9.17. The van der Waals surface area contributed by atoms with Gasteiger partial charge in [-0.15, -0.1) is 0 Å². The largest absolute Gasteiger partial charge is 0.314 e. The zero-order chi connectivity index (χ0) is 21.6. The van der Waals surface area contributed by atoms with Crippen molar-refractivity contribution in [3.63, 3.8) is 0 Å². The molecule has 31 heavy (non-hydrogen) atoms. The summed E-state index contributed by atoms with van der Waals surface area (Å²) in [5.41, 5.74) is 5.78. The van der Waals surface area contributed by atoms with Crippen LogP contribution in [0.3, 0.4) is 0 Å². The lowest BCUT2D eigenvalue weighted by Crippen LogP contribution is -2.57. The molecular formula is C24H28B2N4O. The molecule has 5 nitrogen and oxygen atoms in total. The Hall–Kier alpha value is -2.79. The van der Waals surface area contributed by atoms with E-state index < -0.39 is 0 Å². The van der Waals surface area contributed by atoms with Gasteiger partial charge in [-0.05, 0) is 29.0 Å². The Morgan fingerprint density at radius 1 is 1.03 bits per heavy atom. The number of aliphatic imine (C=N–C) groups is 1. The van der Waals surface area contributed by atoms with Gasteiger partial charge in [0.1, 0.15) is 15.7 Å². The molecule has 0 aromatic heterocycles. The molecule has 0 N–H and O–H groups in total. The van der Waals surface area contributed by atoms with E-state index in [9.17, 15) is 4.79 Å². The van der Waals surface area contributed by atoms with E-state index >= 15 is 0 Å². The molecule has 7 heteroatoms. The summed E-state index contributed by atoms with van der Waals surface area (Å²) >= 11 is 0. The van der Waals surface area contributed by atoms with Crippen molar-refractivity contribution in [2.45, 2.75) is 25.2 Å². The van der Waals surface area contributed by atoms with E-state index in [0.29, 0.717) is 13.1 Å². The van der Waals surface area contributed by atoms with Crippen LogP contribution in [0.25, 0.3) is 0 Å². The summed E-state index contributed by atoms with van der Waals surface area (Å²) in [4.78, 5) is 25.1. The number of benzene rings is 2. The molecule has 0 atom stereocenters. The minimum atomic E-state index is -0.139. The zero-order valence-corrected chi connectivity index (χ0v) is 18.6. The van der Waals surface area contributed by atoms with Gasteiger partial charge in [0.2, 0.25) is 5.96 Å². The molecule has 0 aliphatic carbocycles. The van der Waals surface area contributed by atoms with Crippen LogP contribution >= 0.6 is 0 Å². The highest BCUT2D eigenvalue weighted by atomic mass is 16.2. The molecule has 0 bridgehead atoms. The van der Waals surface area contributed by atoms with Gasteiger partial charge in [0.25, 0.3) is 5.91 Å². The molecule has 0 saturated heterocycles. The smallest absolute Gasteiger partial charge is 0.259 e. The number of hydrogen-bond donors (Lipinski definition) is 0. The van der Waals surface area contributed by atoms with Crippen LogP contribution in [0.2, 0.25) is 0 Å². The summed E-state index contributed by atoms with van der Waals surface area (Å²) in [7, 11) is 4.52. The van der Waals surface area contributed by atoms with E-state index in [1.165, 1.54) is 22.4 Å². The first kappa shape index (κ1) is 20.1. The minimum Gasteiger partial charge on any atom is -0.314 e. The van der Waals surface area contributed by atoms with Crippen molar-refractivity contribution in [2.24, 2.45) is 4.99 Å². The number of guanidine groups is 1. The Balaban J connectivity index is 1.47. The summed E-state index contributed by atoms with van der Waals surface area (Å²) in [6, 6.07) is 18.9. The van der Waals surface area contributed by atoms with Crippen LogP contribution in [0, 0.1) is 6.92 Å². The van der Waals surface area contributed by atoms with Crippen molar-refractivity contribution in [1.29, 1.82) is 0 Å². The second-order valence-corrected chi connectivity index (χ2v) is 9.17. The SMILES string of the molecule is BC(B)(c1ccccc1)N1CCC2=C(C1)C(=O)N(Cc1ccccc1C)C1=NCCN12. The number of carbonyl (C=O) groups excluding carboxylic acids is 1. The number of carbonyl (C=O) groups is 1. The summed E-state index contributed by atoms with van der Waals surface area (Å²) < 4.78 is 0. The molecule has 0 radical (unpaired) electrons. The topological polar surface area (TPSA) is 39.2 Å². The van der Waals surface area contributed by atoms with Crippen LogP contribution in [-0.2, 0) is 16.7 Å². The lowest BCUT2D eigenvalue weighted by Gasteiger charge is -2.47. The molecule has 0 unspecified atom stereocenters. The Labute approximate surface area is 186 Å². The molecule has 2 aromatic carbocycles. The first-order valence-corrected chi connectivity index (χ1v) is 11.2. The van der Waals surface area contributed by atoms with Crippen LogP contribution in [0.4, 0.5) is 0 Å². The van der Waals surface area contributed by atoms with Gasteiger partial charge in [-0.25, -0.2) is 0 Å². The van der Waals surface area contributed by atoms with Gasteiger partial charge in [0, 0.05) is 31.8 Å². The van der Waals surface area contributed by atoms with Crippen molar-refractivity contribution in [3.8, 4) is 0 Å². The third kappa shape index (κ3) is 3.41. The number of nitrogens with zero attached hydrogens (tertiary/aromatic N) is 4. The standard InChI is InChI=1S/C24H28B2N4O/c1-17-7-5-6-8-18(17)15-30-22(31)20-16-28(24(25,26)19-9-3-2-4-10-19)13-11-21(20)29-14-12-27-23(29)30/h2-10H,11-16,25-26H2,1H3. The highest BCUT2D eigenvalue weighted by Crippen LogP contribution is 2.35. The van der Waals surface area contributed by atoms with Crippen LogP contribution in [0.5, 0.6) is 0 Å². The molecule has 3 heterocycles. The lowest BCUT2D eigenvalue weighted by molar-refractivity contribution is -0.125. The van der Waals surface area contributed by atoms with Gasteiger partial charge >= 0.3 is 0 Å².